The van der Waals surface area contributed by atoms with Gasteiger partial charge < -0.3 is 9.64 Å². The lowest BCUT2D eigenvalue weighted by Gasteiger charge is -2.31. The second kappa shape index (κ2) is 6.84. The number of thioether (sulfide) groups is 1. The number of hydrogen-bond acceptors (Lipinski definition) is 3. The van der Waals surface area contributed by atoms with E-state index in [-0.39, 0.29) is 12.0 Å². The Kier molecular flexibility index (Phi) is 5.39. The van der Waals surface area contributed by atoms with E-state index in [2.05, 4.69) is 0 Å². The van der Waals surface area contributed by atoms with Crippen LogP contribution in [0.4, 0.5) is 0 Å². The van der Waals surface area contributed by atoms with Crippen LogP contribution < -0.4 is 0 Å². The summed E-state index contributed by atoms with van der Waals surface area (Å²) in [7, 11) is 0. The maximum atomic E-state index is 12.1. The zero-order chi connectivity index (χ0) is 13.8. The number of carbonyl (C=O) groups excluding carboxylic acids is 1. The first kappa shape index (κ1) is 15.0. The highest BCUT2D eigenvalue weighted by atomic mass is 35.5. The molecule has 1 fully saturated rings. The van der Waals surface area contributed by atoms with E-state index in [0.29, 0.717) is 35.5 Å². The fourth-order valence-corrected chi connectivity index (χ4v) is 3.26. The van der Waals surface area contributed by atoms with E-state index in [1.54, 1.807) is 18.2 Å². The Morgan fingerprint density at radius 1 is 1.53 bits per heavy atom. The van der Waals surface area contributed by atoms with Crippen molar-refractivity contribution in [2.75, 3.05) is 25.4 Å². The first-order valence-electron chi connectivity index (χ1n) is 6.03. The van der Waals surface area contributed by atoms with Crippen LogP contribution in [0.5, 0.6) is 0 Å². The zero-order valence-corrected chi connectivity index (χ0v) is 12.9. The van der Waals surface area contributed by atoms with Crippen LogP contribution in [-0.2, 0) is 9.53 Å². The summed E-state index contributed by atoms with van der Waals surface area (Å²) in [6, 6.07) is 5.26. The quantitative estimate of drug-likeness (QED) is 0.800. The molecule has 3 nitrogen and oxygen atoms in total. The third-order valence-electron chi connectivity index (χ3n) is 2.84. The van der Waals surface area contributed by atoms with Crippen molar-refractivity contribution in [3.8, 4) is 0 Å². The van der Waals surface area contributed by atoms with Crippen molar-refractivity contribution in [3.63, 3.8) is 0 Å². The molecule has 1 heterocycles. The molecular weight excluding hydrogens is 305 g/mol. The van der Waals surface area contributed by atoms with Crippen molar-refractivity contribution in [1.82, 2.24) is 4.90 Å². The molecule has 1 aliphatic heterocycles. The van der Waals surface area contributed by atoms with Crippen molar-refractivity contribution in [3.05, 3.63) is 28.2 Å². The summed E-state index contributed by atoms with van der Waals surface area (Å²) in [6.45, 7) is 3.89. The lowest BCUT2D eigenvalue weighted by Crippen LogP contribution is -2.45. The number of nitrogens with zero attached hydrogens (tertiary/aromatic N) is 1. The van der Waals surface area contributed by atoms with Crippen LogP contribution in [0, 0.1) is 0 Å². The third kappa shape index (κ3) is 4.28. The summed E-state index contributed by atoms with van der Waals surface area (Å²) in [5, 5.41) is 1.25. The van der Waals surface area contributed by atoms with Crippen molar-refractivity contribution < 1.29 is 9.53 Å². The smallest absolute Gasteiger partial charge is 0.233 e. The molecule has 1 saturated heterocycles. The molecule has 1 atom stereocenters. The van der Waals surface area contributed by atoms with E-state index in [4.69, 9.17) is 27.9 Å². The second-order valence-corrected chi connectivity index (χ2v) is 6.25. The lowest BCUT2D eigenvalue weighted by molar-refractivity contribution is -0.135. The van der Waals surface area contributed by atoms with Gasteiger partial charge in [-0.3, -0.25) is 4.79 Å². The fraction of sp³-hybridized carbons (Fsp3) is 0.462. The Morgan fingerprint density at radius 3 is 3.05 bits per heavy atom. The molecule has 104 valence electrons. The normalized spacial score (nSPS) is 19.5. The second-order valence-electron chi connectivity index (χ2n) is 4.38. The summed E-state index contributed by atoms with van der Waals surface area (Å²) in [6.07, 6.45) is 0.109. The predicted octanol–water partition coefficient (Wildman–Crippen LogP) is 3.33. The highest BCUT2D eigenvalue weighted by molar-refractivity contribution is 8.00. The van der Waals surface area contributed by atoms with Gasteiger partial charge in [-0.15, -0.1) is 11.8 Å². The summed E-state index contributed by atoms with van der Waals surface area (Å²) < 4.78 is 5.42. The van der Waals surface area contributed by atoms with Gasteiger partial charge in [-0.05, 0) is 25.1 Å². The maximum absolute atomic E-state index is 12.1. The average Bonchev–Trinajstić information content (AvgIpc) is 2.39. The van der Waals surface area contributed by atoms with Crippen LogP contribution >= 0.6 is 35.0 Å². The molecular formula is C13H15Cl2NO2S. The SMILES string of the molecule is CC1CN(C(=O)CSc2cc(Cl)ccc2Cl)CCO1. The molecule has 0 aromatic heterocycles. The number of morpholine rings is 1. The first-order chi connectivity index (χ1) is 9.06. The van der Waals surface area contributed by atoms with Gasteiger partial charge in [-0.2, -0.15) is 0 Å². The Balaban J connectivity index is 1.91. The standard InChI is InChI=1S/C13H15Cl2NO2S/c1-9-7-16(4-5-18-9)13(17)8-19-12-6-10(14)2-3-11(12)15/h2-3,6,9H,4-5,7-8H2,1H3. The monoisotopic (exact) mass is 319 g/mol. The first-order valence-corrected chi connectivity index (χ1v) is 7.77. The Labute approximate surface area is 127 Å². The van der Waals surface area contributed by atoms with Gasteiger partial charge in [0.2, 0.25) is 5.91 Å². The van der Waals surface area contributed by atoms with Crippen molar-refractivity contribution in [2.45, 2.75) is 17.9 Å². The molecule has 1 aromatic carbocycles. The van der Waals surface area contributed by atoms with Crippen LogP contribution in [-0.4, -0.2) is 42.4 Å². The molecule has 0 saturated carbocycles. The number of hydrogen-bond donors (Lipinski definition) is 0. The zero-order valence-electron chi connectivity index (χ0n) is 10.6. The number of amides is 1. The van der Waals surface area contributed by atoms with E-state index < -0.39 is 0 Å². The van der Waals surface area contributed by atoms with Crippen LogP contribution in [0.15, 0.2) is 23.1 Å². The highest BCUT2D eigenvalue weighted by Crippen LogP contribution is 2.30. The highest BCUT2D eigenvalue weighted by Gasteiger charge is 2.21. The average molecular weight is 320 g/mol. The van der Waals surface area contributed by atoms with E-state index in [1.165, 1.54) is 11.8 Å². The Hall–Kier alpha value is -0.420. The molecule has 1 aliphatic rings. The molecule has 19 heavy (non-hydrogen) atoms. The number of halogens is 2. The molecule has 0 aliphatic carbocycles. The predicted molar refractivity (Wildman–Crippen MR) is 79.2 cm³/mol. The topological polar surface area (TPSA) is 29.5 Å². The maximum Gasteiger partial charge on any atom is 0.233 e. The fourth-order valence-electron chi connectivity index (χ4n) is 1.86. The van der Waals surface area contributed by atoms with Gasteiger partial charge in [0.05, 0.1) is 23.5 Å². The van der Waals surface area contributed by atoms with Crippen molar-refractivity contribution in [2.24, 2.45) is 0 Å². The molecule has 0 N–H and O–H groups in total. The van der Waals surface area contributed by atoms with E-state index in [9.17, 15) is 4.79 Å². The van der Waals surface area contributed by atoms with E-state index >= 15 is 0 Å². The summed E-state index contributed by atoms with van der Waals surface area (Å²) in [5.74, 6) is 0.475. The van der Waals surface area contributed by atoms with Crippen LogP contribution in [0.3, 0.4) is 0 Å². The Morgan fingerprint density at radius 2 is 2.32 bits per heavy atom. The van der Waals surface area contributed by atoms with E-state index in [0.717, 1.165) is 4.90 Å². The van der Waals surface area contributed by atoms with Crippen molar-refractivity contribution in [1.29, 1.82) is 0 Å². The van der Waals surface area contributed by atoms with Crippen LogP contribution in [0.2, 0.25) is 10.0 Å². The summed E-state index contributed by atoms with van der Waals surface area (Å²) in [4.78, 5) is 14.8. The van der Waals surface area contributed by atoms with Crippen LogP contribution in [0.25, 0.3) is 0 Å². The van der Waals surface area contributed by atoms with Gasteiger partial charge in [0.1, 0.15) is 0 Å². The minimum Gasteiger partial charge on any atom is -0.375 e. The largest absolute Gasteiger partial charge is 0.375 e. The van der Waals surface area contributed by atoms with Gasteiger partial charge in [0, 0.05) is 23.0 Å². The molecule has 1 amide bonds. The van der Waals surface area contributed by atoms with Crippen LogP contribution in [0.1, 0.15) is 6.92 Å². The summed E-state index contributed by atoms with van der Waals surface area (Å²) >= 11 is 13.4. The number of benzene rings is 1. The van der Waals surface area contributed by atoms with Gasteiger partial charge in [0.15, 0.2) is 0 Å². The molecule has 1 aromatic rings. The number of ether oxygens (including phenoxy) is 1. The molecule has 1 unspecified atom stereocenters. The van der Waals surface area contributed by atoms with Crippen molar-refractivity contribution >= 4 is 40.9 Å². The molecule has 0 radical (unpaired) electrons. The molecule has 2 rings (SSSR count). The molecule has 6 heteroatoms. The van der Waals surface area contributed by atoms with Gasteiger partial charge in [-0.1, -0.05) is 23.2 Å². The van der Waals surface area contributed by atoms with Gasteiger partial charge >= 0.3 is 0 Å². The Bertz CT molecular complexity index is 470. The molecule has 0 bridgehead atoms. The van der Waals surface area contributed by atoms with Gasteiger partial charge in [-0.25, -0.2) is 0 Å². The number of rotatable bonds is 3. The molecule has 0 spiro atoms. The third-order valence-corrected chi connectivity index (χ3v) is 4.55. The summed E-state index contributed by atoms with van der Waals surface area (Å²) in [5.41, 5.74) is 0. The number of carbonyl (C=O) groups is 1. The van der Waals surface area contributed by atoms with Gasteiger partial charge in [0.25, 0.3) is 0 Å². The van der Waals surface area contributed by atoms with E-state index in [1.807, 2.05) is 11.8 Å². The lowest BCUT2D eigenvalue weighted by atomic mass is 10.3. The minimum atomic E-state index is 0.108. The minimum absolute atomic E-state index is 0.108.